The van der Waals surface area contributed by atoms with Crippen molar-refractivity contribution in [2.24, 2.45) is 0 Å². The maximum absolute atomic E-state index is 12.7. The molecule has 1 N–H and O–H groups in total. The number of carbonyl (C=O) groups is 1. The number of amides is 1. The van der Waals surface area contributed by atoms with Crippen molar-refractivity contribution in [3.8, 4) is 12.1 Å². The topological polar surface area (TPSA) is 153 Å². The summed E-state index contributed by atoms with van der Waals surface area (Å²) in [6.45, 7) is -0.219. The van der Waals surface area contributed by atoms with Gasteiger partial charge in [0.25, 0.3) is 5.91 Å². The molecule has 158 valence electrons. The number of rotatable bonds is 8. The standard InChI is InChI=1S/C16H13F3N6O4S/c17-16(18,19)14-23-24-15(29-14)22-13(26)11-3-5-12(6-4-11)30(27,28)25(9-1-7-20)10-2-8-21/h3-6H,1-2,9-10H2,(H,22,24,26). The average molecular weight is 442 g/mol. The molecule has 1 aromatic heterocycles. The quantitative estimate of drug-likeness (QED) is 0.652. The smallest absolute Gasteiger partial charge is 0.399 e. The summed E-state index contributed by atoms with van der Waals surface area (Å²) < 4.78 is 67.9. The van der Waals surface area contributed by atoms with Gasteiger partial charge in [-0.15, -0.1) is 5.10 Å². The molecule has 0 saturated heterocycles. The molecule has 0 atom stereocenters. The lowest BCUT2D eigenvalue weighted by Crippen LogP contribution is -2.32. The van der Waals surface area contributed by atoms with Gasteiger partial charge in [-0.2, -0.15) is 28.0 Å². The first-order chi connectivity index (χ1) is 14.1. The first-order valence-corrected chi connectivity index (χ1v) is 9.59. The number of nitrogens with one attached hydrogen (secondary N) is 1. The molecular formula is C16H13F3N6O4S. The number of aromatic nitrogens is 2. The van der Waals surface area contributed by atoms with Gasteiger partial charge in [-0.25, -0.2) is 8.42 Å². The van der Waals surface area contributed by atoms with Crippen LogP contribution >= 0.6 is 0 Å². The Balaban J connectivity index is 2.16. The molecule has 0 bridgehead atoms. The largest absolute Gasteiger partial charge is 0.470 e. The van der Waals surface area contributed by atoms with E-state index in [1.165, 1.54) is 0 Å². The Morgan fingerprint density at radius 3 is 2.13 bits per heavy atom. The van der Waals surface area contributed by atoms with Gasteiger partial charge in [-0.05, 0) is 24.3 Å². The van der Waals surface area contributed by atoms with Crippen molar-refractivity contribution < 1.29 is 30.8 Å². The molecule has 0 aliphatic carbocycles. The van der Waals surface area contributed by atoms with Crippen molar-refractivity contribution in [1.29, 1.82) is 10.5 Å². The number of nitrogens with zero attached hydrogens (tertiary/aromatic N) is 5. The maximum atomic E-state index is 12.7. The van der Waals surface area contributed by atoms with E-state index in [-0.39, 0.29) is 36.4 Å². The second-order valence-electron chi connectivity index (χ2n) is 5.61. The third-order valence-electron chi connectivity index (χ3n) is 3.59. The number of alkyl halides is 3. The fourth-order valence-electron chi connectivity index (χ4n) is 2.19. The van der Waals surface area contributed by atoms with Crippen LogP contribution in [0.15, 0.2) is 33.6 Å². The lowest BCUT2D eigenvalue weighted by Gasteiger charge is -2.20. The monoisotopic (exact) mass is 442 g/mol. The van der Waals surface area contributed by atoms with Gasteiger partial charge >= 0.3 is 18.1 Å². The first-order valence-electron chi connectivity index (χ1n) is 8.15. The number of hydrogen-bond donors (Lipinski definition) is 1. The molecule has 0 spiro atoms. The van der Waals surface area contributed by atoms with Crippen LogP contribution < -0.4 is 5.32 Å². The minimum absolute atomic E-state index is 0.0742. The molecular weight excluding hydrogens is 429 g/mol. The zero-order chi connectivity index (χ0) is 22.4. The highest BCUT2D eigenvalue weighted by Gasteiger charge is 2.38. The van der Waals surface area contributed by atoms with Gasteiger partial charge in [0.2, 0.25) is 10.0 Å². The fourth-order valence-corrected chi connectivity index (χ4v) is 3.63. The predicted molar refractivity (Wildman–Crippen MR) is 92.9 cm³/mol. The minimum atomic E-state index is -4.87. The highest BCUT2D eigenvalue weighted by Crippen LogP contribution is 2.28. The molecule has 30 heavy (non-hydrogen) atoms. The van der Waals surface area contributed by atoms with Gasteiger partial charge < -0.3 is 4.42 Å². The number of benzene rings is 1. The van der Waals surface area contributed by atoms with Crippen LogP contribution in [0, 0.1) is 22.7 Å². The molecule has 1 heterocycles. The first kappa shape index (κ1) is 22.8. The highest BCUT2D eigenvalue weighted by atomic mass is 32.2. The van der Waals surface area contributed by atoms with E-state index in [1.807, 2.05) is 17.5 Å². The number of hydrogen-bond acceptors (Lipinski definition) is 8. The van der Waals surface area contributed by atoms with E-state index in [9.17, 15) is 26.4 Å². The van der Waals surface area contributed by atoms with Crippen LogP contribution in [0.3, 0.4) is 0 Å². The summed E-state index contributed by atoms with van der Waals surface area (Å²) in [6.07, 6.45) is -5.01. The third kappa shape index (κ3) is 5.53. The van der Waals surface area contributed by atoms with E-state index in [2.05, 4.69) is 14.6 Å². The van der Waals surface area contributed by atoms with Crippen LogP contribution in [0.25, 0.3) is 0 Å². The van der Waals surface area contributed by atoms with E-state index >= 15 is 0 Å². The van der Waals surface area contributed by atoms with Crippen molar-refractivity contribution in [2.75, 3.05) is 18.4 Å². The number of nitriles is 2. The Morgan fingerprint density at radius 2 is 1.67 bits per heavy atom. The Kier molecular flexibility index (Phi) is 7.10. The van der Waals surface area contributed by atoms with E-state index in [1.54, 1.807) is 0 Å². The van der Waals surface area contributed by atoms with Gasteiger partial charge in [0, 0.05) is 31.5 Å². The van der Waals surface area contributed by atoms with Crippen LogP contribution in [-0.2, 0) is 16.2 Å². The molecule has 14 heteroatoms. The second kappa shape index (κ2) is 9.34. The third-order valence-corrected chi connectivity index (χ3v) is 5.50. The van der Waals surface area contributed by atoms with E-state index < -0.39 is 34.0 Å². The zero-order valence-corrected chi connectivity index (χ0v) is 15.9. The van der Waals surface area contributed by atoms with Gasteiger partial charge in [0.05, 0.1) is 17.0 Å². The summed E-state index contributed by atoms with van der Waals surface area (Å²) in [4.78, 5) is 11.9. The normalized spacial score (nSPS) is 11.7. The maximum Gasteiger partial charge on any atom is 0.470 e. The summed E-state index contributed by atoms with van der Waals surface area (Å²) in [7, 11) is -4.03. The Bertz CT molecular complexity index is 1070. The predicted octanol–water partition coefficient (Wildman–Crippen LogP) is 2.16. The van der Waals surface area contributed by atoms with Crippen LogP contribution in [0.4, 0.5) is 19.2 Å². The number of sulfonamides is 1. The van der Waals surface area contributed by atoms with E-state index in [0.29, 0.717) is 0 Å². The van der Waals surface area contributed by atoms with Crippen molar-refractivity contribution >= 4 is 21.9 Å². The van der Waals surface area contributed by atoms with Crippen LogP contribution in [-0.4, -0.2) is 41.9 Å². The molecule has 0 fully saturated rings. The Morgan fingerprint density at radius 1 is 1.10 bits per heavy atom. The molecule has 10 nitrogen and oxygen atoms in total. The van der Waals surface area contributed by atoms with Gasteiger partial charge in [-0.1, -0.05) is 5.10 Å². The molecule has 0 aliphatic heterocycles. The van der Waals surface area contributed by atoms with Crippen molar-refractivity contribution in [3.05, 3.63) is 35.7 Å². The van der Waals surface area contributed by atoms with E-state index in [4.69, 9.17) is 10.5 Å². The van der Waals surface area contributed by atoms with E-state index in [0.717, 1.165) is 28.6 Å². The van der Waals surface area contributed by atoms with Crippen LogP contribution in [0.5, 0.6) is 0 Å². The Hall–Kier alpha value is -3.49. The molecule has 0 radical (unpaired) electrons. The van der Waals surface area contributed by atoms with Crippen molar-refractivity contribution in [3.63, 3.8) is 0 Å². The highest BCUT2D eigenvalue weighted by molar-refractivity contribution is 7.89. The number of anilines is 1. The van der Waals surface area contributed by atoms with Crippen molar-refractivity contribution in [1.82, 2.24) is 14.5 Å². The summed E-state index contributed by atoms with van der Waals surface area (Å²) in [6, 6.07) is 7.38. The second-order valence-corrected chi connectivity index (χ2v) is 7.55. The molecule has 1 aromatic carbocycles. The van der Waals surface area contributed by atoms with Gasteiger partial charge in [0.15, 0.2) is 0 Å². The lowest BCUT2D eigenvalue weighted by molar-refractivity contribution is -0.156. The zero-order valence-electron chi connectivity index (χ0n) is 15.0. The summed E-state index contributed by atoms with van der Waals surface area (Å²) in [5.74, 6) is -2.53. The average Bonchev–Trinajstić information content (AvgIpc) is 3.17. The molecule has 2 rings (SSSR count). The van der Waals surface area contributed by atoms with Gasteiger partial charge in [0.1, 0.15) is 0 Å². The minimum Gasteiger partial charge on any atom is -0.399 e. The molecule has 1 amide bonds. The molecule has 0 aliphatic rings. The van der Waals surface area contributed by atoms with Crippen LogP contribution in [0.2, 0.25) is 0 Å². The van der Waals surface area contributed by atoms with Crippen LogP contribution in [0.1, 0.15) is 29.1 Å². The SMILES string of the molecule is N#CCCN(CCC#N)S(=O)(=O)c1ccc(C(=O)Nc2nnc(C(F)(F)F)o2)cc1. The molecule has 0 saturated carbocycles. The van der Waals surface area contributed by atoms with Crippen molar-refractivity contribution in [2.45, 2.75) is 23.9 Å². The lowest BCUT2D eigenvalue weighted by atomic mass is 10.2. The summed E-state index contributed by atoms with van der Waals surface area (Å²) >= 11 is 0. The number of halogens is 3. The molecule has 0 unspecified atom stereocenters. The molecule has 2 aromatic rings. The van der Waals surface area contributed by atoms with Gasteiger partial charge in [-0.3, -0.25) is 10.1 Å². The fraction of sp³-hybridized carbons (Fsp3) is 0.312. The summed E-state index contributed by atoms with van der Waals surface area (Å²) in [5.41, 5.74) is -0.0821. The number of carbonyl (C=O) groups excluding carboxylic acids is 1. The summed E-state index contributed by atoms with van der Waals surface area (Å²) in [5, 5.41) is 25.2. The Labute approximate surface area is 168 Å².